The maximum Gasteiger partial charge on any atom is 0.0340 e. The molecule has 0 spiro atoms. The van der Waals surface area contributed by atoms with Gasteiger partial charge in [-0.15, -0.1) is 0 Å². The average molecular weight is 477 g/mol. The van der Waals surface area contributed by atoms with E-state index >= 15 is 0 Å². The van der Waals surface area contributed by atoms with Gasteiger partial charge in [0.1, 0.15) is 0 Å². The Morgan fingerprint density at radius 3 is 1.84 bits per heavy atom. The van der Waals surface area contributed by atoms with E-state index in [9.17, 15) is 0 Å². The first kappa shape index (κ1) is 23.3. The van der Waals surface area contributed by atoms with Crippen LogP contribution < -0.4 is 5.32 Å². The fraction of sp³-hybridized carbons (Fsp3) is 0.286. The maximum absolute atomic E-state index is 3.89. The van der Waals surface area contributed by atoms with Gasteiger partial charge in [0.25, 0.3) is 0 Å². The summed E-state index contributed by atoms with van der Waals surface area (Å²) in [6.07, 6.45) is 2.42. The van der Waals surface area contributed by atoms with Crippen LogP contribution >= 0.6 is 15.9 Å². The first-order valence-corrected chi connectivity index (χ1v) is 12.1. The molecule has 0 unspecified atom stereocenters. The molecule has 0 fully saturated rings. The van der Waals surface area contributed by atoms with Gasteiger partial charge in [0.2, 0.25) is 0 Å². The molecule has 0 saturated carbocycles. The standard InChI is InChI=1S/C28H33BrN2/c1-3-31(4-2)22-12-11-21-30-26-19-17-24(18-20-26)27(23-13-7-5-8-14-23)28(29)25-15-9-6-10-16-25/h5-10,13-20,30H,3-4,11-12,21-22H2,1-2H3/b28-27-. The highest BCUT2D eigenvalue weighted by Gasteiger charge is 2.12. The SMILES string of the molecule is CCN(CC)CCCCNc1ccc(/C(=C(\Br)c2ccccc2)c2ccccc2)cc1. The van der Waals surface area contributed by atoms with E-state index in [1.165, 1.54) is 47.3 Å². The van der Waals surface area contributed by atoms with E-state index in [-0.39, 0.29) is 0 Å². The van der Waals surface area contributed by atoms with E-state index in [4.69, 9.17) is 0 Å². The lowest BCUT2D eigenvalue weighted by Gasteiger charge is -2.17. The molecule has 0 aliphatic carbocycles. The summed E-state index contributed by atoms with van der Waals surface area (Å²) in [5.74, 6) is 0. The molecule has 0 saturated heterocycles. The third kappa shape index (κ3) is 6.81. The average Bonchev–Trinajstić information content (AvgIpc) is 2.83. The second kappa shape index (κ2) is 12.5. The Balaban J connectivity index is 1.72. The molecule has 0 aromatic heterocycles. The molecule has 0 aliphatic rings. The van der Waals surface area contributed by atoms with E-state index < -0.39 is 0 Å². The first-order valence-electron chi connectivity index (χ1n) is 11.3. The van der Waals surface area contributed by atoms with Crippen LogP contribution in [-0.2, 0) is 0 Å². The number of halogens is 1. The fourth-order valence-corrected chi connectivity index (χ4v) is 4.46. The zero-order valence-corrected chi connectivity index (χ0v) is 20.2. The molecule has 3 rings (SSSR count). The minimum absolute atomic E-state index is 1.01. The molecule has 0 amide bonds. The molecular formula is C28H33BrN2. The van der Waals surface area contributed by atoms with Gasteiger partial charge in [-0.05, 0) is 77.2 Å². The molecular weight excluding hydrogens is 444 g/mol. The first-order chi connectivity index (χ1) is 15.2. The Morgan fingerprint density at radius 1 is 0.710 bits per heavy atom. The topological polar surface area (TPSA) is 15.3 Å². The predicted molar refractivity (Wildman–Crippen MR) is 140 cm³/mol. The Kier molecular flexibility index (Phi) is 9.39. The summed E-state index contributed by atoms with van der Waals surface area (Å²) in [4.78, 5) is 2.48. The molecule has 0 atom stereocenters. The van der Waals surface area contributed by atoms with Crippen molar-refractivity contribution in [1.29, 1.82) is 0 Å². The second-order valence-electron chi connectivity index (χ2n) is 7.66. The van der Waals surface area contributed by atoms with Gasteiger partial charge in [-0.3, -0.25) is 0 Å². The molecule has 31 heavy (non-hydrogen) atoms. The maximum atomic E-state index is 3.89. The van der Waals surface area contributed by atoms with Gasteiger partial charge < -0.3 is 10.2 Å². The fourth-order valence-electron chi connectivity index (χ4n) is 3.74. The van der Waals surface area contributed by atoms with Gasteiger partial charge in [0, 0.05) is 22.3 Å². The zero-order chi connectivity index (χ0) is 21.9. The molecule has 1 N–H and O–H groups in total. The number of anilines is 1. The van der Waals surface area contributed by atoms with Gasteiger partial charge in [0.15, 0.2) is 0 Å². The largest absolute Gasteiger partial charge is 0.385 e. The van der Waals surface area contributed by atoms with Crippen LogP contribution in [0.1, 0.15) is 43.4 Å². The molecule has 0 aliphatic heterocycles. The van der Waals surface area contributed by atoms with Crippen molar-refractivity contribution in [1.82, 2.24) is 4.90 Å². The molecule has 0 radical (unpaired) electrons. The third-order valence-corrected chi connectivity index (χ3v) is 6.46. The summed E-state index contributed by atoms with van der Waals surface area (Å²) < 4.78 is 1.11. The van der Waals surface area contributed by atoms with Crippen LogP contribution in [0.3, 0.4) is 0 Å². The quantitative estimate of drug-likeness (QED) is 0.227. The molecule has 0 bridgehead atoms. The van der Waals surface area contributed by atoms with Crippen molar-refractivity contribution in [3.8, 4) is 0 Å². The number of hydrogen-bond donors (Lipinski definition) is 1. The normalized spacial score (nSPS) is 12.0. The summed E-state index contributed by atoms with van der Waals surface area (Å²) in [6.45, 7) is 8.94. The number of unbranched alkanes of at least 4 members (excludes halogenated alkanes) is 1. The van der Waals surface area contributed by atoms with Crippen LogP contribution in [0.5, 0.6) is 0 Å². The predicted octanol–water partition coefficient (Wildman–Crippen LogP) is 7.53. The van der Waals surface area contributed by atoms with Crippen LogP contribution in [0, 0.1) is 0 Å². The summed E-state index contributed by atoms with van der Waals surface area (Å²) in [5.41, 5.74) is 5.97. The van der Waals surface area contributed by atoms with Crippen LogP contribution in [-0.4, -0.2) is 31.1 Å². The number of benzene rings is 3. The lowest BCUT2D eigenvalue weighted by Crippen LogP contribution is -2.24. The van der Waals surface area contributed by atoms with Crippen molar-refractivity contribution in [2.45, 2.75) is 26.7 Å². The van der Waals surface area contributed by atoms with Crippen molar-refractivity contribution >= 4 is 31.7 Å². The Morgan fingerprint density at radius 2 is 1.26 bits per heavy atom. The Hall–Kier alpha value is -2.36. The van der Waals surface area contributed by atoms with Crippen LogP contribution in [0.25, 0.3) is 10.1 Å². The number of nitrogens with zero attached hydrogens (tertiary/aromatic N) is 1. The highest BCUT2D eigenvalue weighted by Crippen LogP contribution is 2.36. The van der Waals surface area contributed by atoms with Crippen molar-refractivity contribution in [3.05, 3.63) is 102 Å². The lowest BCUT2D eigenvalue weighted by atomic mass is 9.95. The smallest absolute Gasteiger partial charge is 0.0340 e. The zero-order valence-electron chi connectivity index (χ0n) is 18.7. The van der Waals surface area contributed by atoms with Crippen molar-refractivity contribution in [2.75, 3.05) is 31.5 Å². The Labute approximate surface area is 196 Å². The van der Waals surface area contributed by atoms with Gasteiger partial charge >= 0.3 is 0 Å². The van der Waals surface area contributed by atoms with E-state index in [1.54, 1.807) is 0 Å². The molecule has 162 valence electrons. The number of rotatable bonds is 11. The van der Waals surface area contributed by atoms with Gasteiger partial charge in [-0.1, -0.05) is 86.6 Å². The Bertz CT molecular complexity index is 930. The van der Waals surface area contributed by atoms with E-state index in [0.29, 0.717) is 0 Å². The highest BCUT2D eigenvalue weighted by molar-refractivity contribution is 9.15. The monoisotopic (exact) mass is 476 g/mol. The van der Waals surface area contributed by atoms with E-state index in [1.807, 2.05) is 0 Å². The minimum Gasteiger partial charge on any atom is -0.385 e. The van der Waals surface area contributed by atoms with Gasteiger partial charge in [-0.25, -0.2) is 0 Å². The molecule has 3 aromatic rings. The van der Waals surface area contributed by atoms with E-state index in [2.05, 4.69) is 125 Å². The van der Waals surface area contributed by atoms with Crippen LogP contribution in [0.4, 0.5) is 5.69 Å². The summed E-state index contributed by atoms with van der Waals surface area (Å²) >= 11 is 3.89. The van der Waals surface area contributed by atoms with Gasteiger partial charge in [-0.2, -0.15) is 0 Å². The van der Waals surface area contributed by atoms with Crippen molar-refractivity contribution < 1.29 is 0 Å². The molecule has 2 nitrogen and oxygen atoms in total. The number of nitrogens with one attached hydrogen (secondary N) is 1. The number of hydrogen-bond acceptors (Lipinski definition) is 2. The summed E-state index contributed by atoms with van der Waals surface area (Å²) in [7, 11) is 0. The van der Waals surface area contributed by atoms with E-state index in [0.717, 1.165) is 24.1 Å². The second-order valence-corrected chi connectivity index (χ2v) is 8.45. The van der Waals surface area contributed by atoms with Crippen LogP contribution in [0.2, 0.25) is 0 Å². The third-order valence-electron chi connectivity index (χ3n) is 5.61. The highest BCUT2D eigenvalue weighted by atomic mass is 79.9. The molecule has 3 heteroatoms. The lowest BCUT2D eigenvalue weighted by molar-refractivity contribution is 0.298. The summed E-state index contributed by atoms with van der Waals surface area (Å²) in [6, 6.07) is 29.9. The van der Waals surface area contributed by atoms with Gasteiger partial charge in [0.05, 0.1) is 0 Å². The van der Waals surface area contributed by atoms with Crippen molar-refractivity contribution in [3.63, 3.8) is 0 Å². The minimum atomic E-state index is 1.01. The summed E-state index contributed by atoms with van der Waals surface area (Å²) in [5, 5.41) is 3.57. The van der Waals surface area contributed by atoms with Crippen LogP contribution in [0.15, 0.2) is 84.9 Å². The molecule has 0 heterocycles. The van der Waals surface area contributed by atoms with Crippen molar-refractivity contribution in [2.24, 2.45) is 0 Å². The molecule has 3 aromatic carbocycles.